The minimum atomic E-state index is -0.888. The van der Waals surface area contributed by atoms with Gasteiger partial charge in [0.1, 0.15) is 0 Å². The fraction of sp³-hybridized carbons (Fsp3) is 0.357. The van der Waals surface area contributed by atoms with E-state index < -0.39 is 5.97 Å². The fourth-order valence-corrected chi connectivity index (χ4v) is 2.10. The number of fused-ring (bicyclic) bond motifs is 1. The van der Waals surface area contributed by atoms with Gasteiger partial charge in [0.15, 0.2) is 0 Å². The van der Waals surface area contributed by atoms with E-state index in [0.717, 1.165) is 0 Å². The van der Waals surface area contributed by atoms with Gasteiger partial charge in [-0.1, -0.05) is 6.92 Å². The topological polar surface area (TPSA) is 104 Å². The van der Waals surface area contributed by atoms with E-state index >= 15 is 0 Å². The number of nitrogens with one attached hydrogen (secondary N) is 2. The molecule has 1 aromatic heterocycles. The molecule has 1 aromatic carbocycles. The Balaban J connectivity index is 2.11. The van der Waals surface area contributed by atoms with E-state index in [1.165, 1.54) is 4.57 Å². The van der Waals surface area contributed by atoms with Crippen LogP contribution in [0.5, 0.6) is 0 Å². The highest BCUT2D eigenvalue weighted by Gasteiger charge is 2.12. The Morgan fingerprint density at radius 1 is 1.43 bits per heavy atom. The van der Waals surface area contributed by atoms with E-state index in [1.54, 1.807) is 32.2 Å². The molecule has 21 heavy (non-hydrogen) atoms. The molecular weight excluding hydrogens is 274 g/mol. The van der Waals surface area contributed by atoms with Gasteiger partial charge in [-0.15, -0.1) is 0 Å². The summed E-state index contributed by atoms with van der Waals surface area (Å²) in [5.74, 6) is -1.32. The molecule has 7 heteroatoms. The smallest absolute Gasteiger partial charge is 0.326 e. The van der Waals surface area contributed by atoms with Crippen molar-refractivity contribution in [1.82, 2.24) is 14.9 Å². The number of H-pyrrole nitrogens is 1. The van der Waals surface area contributed by atoms with Crippen molar-refractivity contribution < 1.29 is 14.7 Å². The summed E-state index contributed by atoms with van der Waals surface area (Å²) >= 11 is 0. The van der Waals surface area contributed by atoms with Gasteiger partial charge >= 0.3 is 11.7 Å². The molecule has 112 valence electrons. The molecule has 7 nitrogen and oxygen atoms in total. The third kappa shape index (κ3) is 3.31. The van der Waals surface area contributed by atoms with E-state index in [1.807, 2.05) is 0 Å². The van der Waals surface area contributed by atoms with Crippen molar-refractivity contribution in [3.8, 4) is 0 Å². The number of aromatic amines is 1. The fourth-order valence-electron chi connectivity index (χ4n) is 2.10. The number of rotatable bonds is 5. The Bertz CT molecular complexity index is 744. The molecule has 0 aliphatic rings. The van der Waals surface area contributed by atoms with Gasteiger partial charge in [0.2, 0.25) is 0 Å². The zero-order valence-electron chi connectivity index (χ0n) is 11.8. The second-order valence-electron chi connectivity index (χ2n) is 5.13. The number of aliphatic carboxylic acids is 1. The zero-order chi connectivity index (χ0) is 15.6. The number of carboxylic acid groups (broad SMARTS) is 1. The average molecular weight is 291 g/mol. The average Bonchev–Trinajstić information content (AvgIpc) is 2.70. The standard InChI is InChI=1S/C14H17N3O4/c1-8(5-12(18)19)7-15-13(20)9-3-4-10-11(6-9)17(2)14(21)16-10/h3-4,6,8H,5,7H2,1-2H3,(H,15,20)(H,16,21)(H,18,19). The van der Waals surface area contributed by atoms with Crippen molar-refractivity contribution in [1.29, 1.82) is 0 Å². The molecule has 0 spiro atoms. The summed E-state index contributed by atoms with van der Waals surface area (Å²) in [6.45, 7) is 2.04. The van der Waals surface area contributed by atoms with Gasteiger partial charge in [-0.05, 0) is 24.1 Å². The van der Waals surface area contributed by atoms with E-state index in [4.69, 9.17) is 5.11 Å². The molecule has 0 aliphatic heterocycles. The van der Waals surface area contributed by atoms with Crippen LogP contribution in [0.3, 0.4) is 0 Å². The molecule has 2 rings (SSSR count). The minimum absolute atomic E-state index is 0.00558. The molecule has 2 aromatic rings. The lowest BCUT2D eigenvalue weighted by molar-refractivity contribution is -0.137. The number of carboxylic acids is 1. The van der Waals surface area contributed by atoms with Crippen molar-refractivity contribution in [3.05, 3.63) is 34.2 Å². The van der Waals surface area contributed by atoms with Crippen LogP contribution < -0.4 is 11.0 Å². The van der Waals surface area contributed by atoms with E-state index in [2.05, 4.69) is 10.3 Å². The first kappa shape index (κ1) is 14.8. The van der Waals surface area contributed by atoms with Crippen molar-refractivity contribution in [2.24, 2.45) is 13.0 Å². The maximum Gasteiger partial charge on any atom is 0.326 e. The largest absolute Gasteiger partial charge is 0.481 e. The number of carbonyl (C=O) groups excluding carboxylic acids is 1. The number of benzene rings is 1. The highest BCUT2D eigenvalue weighted by Crippen LogP contribution is 2.12. The van der Waals surface area contributed by atoms with Crippen molar-refractivity contribution in [2.45, 2.75) is 13.3 Å². The molecule has 1 heterocycles. The van der Waals surface area contributed by atoms with Crippen LogP contribution in [0, 0.1) is 5.92 Å². The normalized spacial score (nSPS) is 12.3. The van der Waals surface area contributed by atoms with E-state index in [0.29, 0.717) is 16.6 Å². The summed E-state index contributed by atoms with van der Waals surface area (Å²) in [4.78, 5) is 36.8. The number of aryl methyl sites for hydroxylation is 1. The molecule has 0 radical (unpaired) electrons. The molecular formula is C14H17N3O4. The summed E-state index contributed by atoms with van der Waals surface area (Å²) in [5, 5.41) is 11.4. The molecule has 0 saturated carbocycles. The lowest BCUT2D eigenvalue weighted by Gasteiger charge is -2.10. The molecule has 0 fully saturated rings. The Labute approximate surface area is 120 Å². The molecule has 0 aliphatic carbocycles. The first-order chi connectivity index (χ1) is 9.88. The highest BCUT2D eigenvalue weighted by molar-refractivity contribution is 5.97. The quantitative estimate of drug-likeness (QED) is 0.754. The Kier molecular flexibility index (Phi) is 4.11. The molecule has 1 amide bonds. The summed E-state index contributed by atoms with van der Waals surface area (Å²) < 4.78 is 1.43. The summed E-state index contributed by atoms with van der Waals surface area (Å²) in [7, 11) is 1.62. The predicted molar refractivity (Wildman–Crippen MR) is 77.3 cm³/mol. The predicted octanol–water partition coefficient (Wildman–Crippen LogP) is 0.707. The number of carbonyl (C=O) groups is 2. The minimum Gasteiger partial charge on any atom is -0.481 e. The molecule has 3 N–H and O–H groups in total. The van der Waals surface area contributed by atoms with Crippen LogP contribution in [0.2, 0.25) is 0 Å². The van der Waals surface area contributed by atoms with Crippen LogP contribution in [0.15, 0.2) is 23.0 Å². The lowest BCUT2D eigenvalue weighted by Crippen LogP contribution is -2.29. The number of hydrogen-bond donors (Lipinski definition) is 3. The number of nitrogens with zero attached hydrogens (tertiary/aromatic N) is 1. The van der Waals surface area contributed by atoms with Crippen LogP contribution >= 0.6 is 0 Å². The van der Waals surface area contributed by atoms with Crippen LogP contribution in [0.25, 0.3) is 11.0 Å². The first-order valence-electron chi connectivity index (χ1n) is 6.57. The second-order valence-corrected chi connectivity index (χ2v) is 5.13. The number of amides is 1. The van der Waals surface area contributed by atoms with Gasteiger partial charge in [-0.2, -0.15) is 0 Å². The summed E-state index contributed by atoms with van der Waals surface area (Å²) in [6, 6.07) is 4.92. The third-order valence-corrected chi connectivity index (χ3v) is 3.30. The maximum atomic E-state index is 12.0. The highest BCUT2D eigenvalue weighted by atomic mass is 16.4. The second kappa shape index (κ2) is 5.82. The molecule has 1 atom stereocenters. The molecule has 0 bridgehead atoms. The van der Waals surface area contributed by atoms with Crippen LogP contribution in [-0.2, 0) is 11.8 Å². The Morgan fingerprint density at radius 2 is 2.14 bits per heavy atom. The summed E-state index contributed by atoms with van der Waals surface area (Å²) in [5.41, 5.74) is 1.50. The van der Waals surface area contributed by atoms with Crippen molar-refractivity contribution in [3.63, 3.8) is 0 Å². The van der Waals surface area contributed by atoms with E-state index in [-0.39, 0.29) is 30.5 Å². The molecule has 1 unspecified atom stereocenters. The SMILES string of the molecule is CC(CNC(=O)c1ccc2[nH]c(=O)n(C)c2c1)CC(=O)O. The van der Waals surface area contributed by atoms with Gasteiger partial charge in [0.25, 0.3) is 5.91 Å². The number of aromatic nitrogens is 2. The monoisotopic (exact) mass is 291 g/mol. The molecule has 0 saturated heterocycles. The van der Waals surface area contributed by atoms with Crippen LogP contribution in [0.4, 0.5) is 0 Å². The van der Waals surface area contributed by atoms with Gasteiger partial charge < -0.3 is 15.4 Å². The third-order valence-electron chi connectivity index (χ3n) is 3.30. The van der Waals surface area contributed by atoms with Crippen molar-refractivity contribution in [2.75, 3.05) is 6.54 Å². The van der Waals surface area contributed by atoms with Gasteiger partial charge in [0, 0.05) is 25.6 Å². The van der Waals surface area contributed by atoms with Gasteiger partial charge in [-0.25, -0.2) is 4.79 Å². The van der Waals surface area contributed by atoms with E-state index in [9.17, 15) is 14.4 Å². The van der Waals surface area contributed by atoms with Gasteiger partial charge in [0.05, 0.1) is 11.0 Å². The first-order valence-corrected chi connectivity index (χ1v) is 6.57. The zero-order valence-corrected chi connectivity index (χ0v) is 11.8. The maximum absolute atomic E-state index is 12.0. The Morgan fingerprint density at radius 3 is 2.81 bits per heavy atom. The number of hydrogen-bond acceptors (Lipinski definition) is 3. The van der Waals surface area contributed by atoms with Gasteiger partial charge in [-0.3, -0.25) is 14.2 Å². The lowest BCUT2D eigenvalue weighted by atomic mass is 10.1. The Hall–Kier alpha value is -2.57. The summed E-state index contributed by atoms with van der Waals surface area (Å²) in [6.07, 6.45) is 0.00558. The van der Waals surface area contributed by atoms with Crippen molar-refractivity contribution >= 4 is 22.9 Å². The van der Waals surface area contributed by atoms with Crippen LogP contribution in [0.1, 0.15) is 23.7 Å². The number of imidazole rings is 1. The van der Waals surface area contributed by atoms with Crippen LogP contribution in [-0.4, -0.2) is 33.1 Å².